The van der Waals surface area contributed by atoms with Crippen LogP contribution in [0.15, 0.2) is 42.5 Å². The van der Waals surface area contributed by atoms with E-state index in [1.165, 1.54) is 17.9 Å². The van der Waals surface area contributed by atoms with E-state index in [0.717, 1.165) is 25.1 Å². The van der Waals surface area contributed by atoms with Gasteiger partial charge in [-0.3, -0.25) is 4.79 Å². The average molecular weight is 269 g/mol. The quantitative estimate of drug-likeness (QED) is 0.798. The van der Waals surface area contributed by atoms with E-state index in [4.69, 9.17) is 4.74 Å². The number of rotatable bonds is 4. The lowest BCUT2D eigenvalue weighted by Gasteiger charge is -2.24. The van der Waals surface area contributed by atoms with E-state index < -0.39 is 0 Å². The first-order chi connectivity index (χ1) is 9.64. The van der Waals surface area contributed by atoms with E-state index in [0.29, 0.717) is 0 Å². The minimum Gasteiger partial charge on any atom is -0.469 e. The summed E-state index contributed by atoms with van der Waals surface area (Å²) in [6.07, 6.45) is 1.86. The molecule has 3 heteroatoms. The van der Waals surface area contributed by atoms with Gasteiger partial charge < -0.3 is 9.64 Å². The predicted molar refractivity (Wildman–Crippen MR) is 80.9 cm³/mol. The van der Waals surface area contributed by atoms with Crippen molar-refractivity contribution in [2.24, 2.45) is 5.41 Å². The van der Waals surface area contributed by atoms with Gasteiger partial charge in [-0.15, -0.1) is 0 Å². The van der Waals surface area contributed by atoms with Crippen molar-refractivity contribution in [2.45, 2.75) is 12.8 Å². The van der Waals surface area contributed by atoms with Gasteiger partial charge in [-0.25, -0.2) is 0 Å². The maximum Gasteiger partial charge on any atom is 0.313 e. The van der Waals surface area contributed by atoms with Crippen LogP contribution in [-0.4, -0.2) is 26.7 Å². The molecule has 2 aromatic carbocycles. The lowest BCUT2D eigenvalue weighted by atomic mass is 10.1. The molecule has 0 atom stereocenters. The fourth-order valence-electron chi connectivity index (χ4n) is 2.75. The Morgan fingerprint density at radius 2 is 1.90 bits per heavy atom. The number of anilines is 1. The predicted octanol–water partition coefficient (Wildman–Crippen LogP) is 3.23. The van der Waals surface area contributed by atoms with Crippen LogP contribution in [0.5, 0.6) is 0 Å². The molecule has 1 saturated carbocycles. The van der Waals surface area contributed by atoms with Gasteiger partial charge in [0.1, 0.15) is 0 Å². The SMILES string of the molecule is COC(=O)C1(CN(C)c2ccc3ccccc3c2)CC1. The van der Waals surface area contributed by atoms with Gasteiger partial charge in [0, 0.05) is 19.3 Å². The van der Waals surface area contributed by atoms with Gasteiger partial charge in [-0.1, -0.05) is 30.3 Å². The molecule has 104 valence electrons. The lowest BCUT2D eigenvalue weighted by Crippen LogP contribution is -2.32. The average Bonchev–Trinajstić information content (AvgIpc) is 3.26. The fourth-order valence-corrected chi connectivity index (χ4v) is 2.75. The normalized spacial score (nSPS) is 15.9. The number of hydrogen-bond donors (Lipinski definition) is 0. The minimum atomic E-state index is -0.283. The van der Waals surface area contributed by atoms with Crippen molar-refractivity contribution in [1.82, 2.24) is 0 Å². The van der Waals surface area contributed by atoms with Crippen LogP contribution < -0.4 is 4.90 Å². The van der Waals surface area contributed by atoms with Crippen molar-refractivity contribution in [2.75, 3.05) is 25.6 Å². The van der Waals surface area contributed by atoms with E-state index in [9.17, 15) is 4.79 Å². The Kier molecular flexibility index (Phi) is 3.13. The highest BCUT2D eigenvalue weighted by Gasteiger charge is 2.51. The van der Waals surface area contributed by atoms with E-state index in [1.54, 1.807) is 0 Å². The second kappa shape index (κ2) is 4.82. The van der Waals surface area contributed by atoms with Crippen LogP contribution in [0.1, 0.15) is 12.8 Å². The molecule has 0 radical (unpaired) electrons. The molecule has 1 aliphatic carbocycles. The lowest BCUT2D eigenvalue weighted by molar-refractivity contribution is -0.146. The zero-order chi connectivity index (χ0) is 14.2. The van der Waals surface area contributed by atoms with Crippen molar-refractivity contribution in [1.29, 1.82) is 0 Å². The second-order valence-corrected chi connectivity index (χ2v) is 5.66. The third kappa shape index (κ3) is 2.24. The van der Waals surface area contributed by atoms with Crippen LogP contribution in [-0.2, 0) is 9.53 Å². The van der Waals surface area contributed by atoms with Crippen LogP contribution in [0.3, 0.4) is 0 Å². The van der Waals surface area contributed by atoms with E-state index >= 15 is 0 Å². The number of carbonyl (C=O) groups is 1. The number of methoxy groups -OCH3 is 1. The summed E-state index contributed by atoms with van der Waals surface area (Å²) in [7, 11) is 3.51. The molecular weight excluding hydrogens is 250 g/mol. The minimum absolute atomic E-state index is 0.0786. The van der Waals surface area contributed by atoms with Gasteiger partial charge in [0.2, 0.25) is 0 Å². The van der Waals surface area contributed by atoms with Crippen molar-refractivity contribution in [3.8, 4) is 0 Å². The standard InChI is InChI=1S/C17H19NO2/c1-18(12-17(9-10-17)16(19)20-2)15-8-7-13-5-3-4-6-14(13)11-15/h3-8,11H,9-10,12H2,1-2H3. The smallest absolute Gasteiger partial charge is 0.313 e. The molecule has 1 aliphatic rings. The van der Waals surface area contributed by atoms with E-state index in [2.05, 4.69) is 35.2 Å². The highest BCUT2D eigenvalue weighted by Crippen LogP contribution is 2.47. The van der Waals surface area contributed by atoms with Gasteiger partial charge >= 0.3 is 5.97 Å². The third-order valence-corrected chi connectivity index (χ3v) is 4.19. The molecule has 3 rings (SSSR count). The summed E-state index contributed by atoms with van der Waals surface area (Å²) in [5.41, 5.74) is 0.855. The zero-order valence-electron chi connectivity index (χ0n) is 11.9. The Bertz CT molecular complexity index is 646. The van der Waals surface area contributed by atoms with Crippen LogP contribution in [0, 0.1) is 5.41 Å². The van der Waals surface area contributed by atoms with Crippen LogP contribution in [0.25, 0.3) is 10.8 Å². The molecule has 3 nitrogen and oxygen atoms in total. The van der Waals surface area contributed by atoms with Crippen molar-refractivity contribution >= 4 is 22.4 Å². The number of ether oxygens (including phenoxy) is 1. The first-order valence-electron chi connectivity index (χ1n) is 6.93. The van der Waals surface area contributed by atoms with E-state index in [1.807, 2.05) is 19.2 Å². The molecule has 0 heterocycles. The molecule has 0 saturated heterocycles. The maximum absolute atomic E-state index is 11.8. The summed E-state index contributed by atoms with van der Waals surface area (Å²) in [6, 6.07) is 14.7. The number of nitrogens with zero attached hydrogens (tertiary/aromatic N) is 1. The molecular formula is C17H19NO2. The van der Waals surface area contributed by atoms with Gasteiger partial charge in [-0.2, -0.15) is 0 Å². The zero-order valence-corrected chi connectivity index (χ0v) is 11.9. The highest BCUT2D eigenvalue weighted by molar-refractivity contribution is 5.86. The molecule has 2 aromatic rings. The first-order valence-corrected chi connectivity index (χ1v) is 6.93. The summed E-state index contributed by atoms with van der Waals surface area (Å²) in [5.74, 6) is -0.0786. The van der Waals surface area contributed by atoms with E-state index in [-0.39, 0.29) is 11.4 Å². The van der Waals surface area contributed by atoms with Crippen molar-refractivity contribution < 1.29 is 9.53 Å². The Morgan fingerprint density at radius 1 is 1.20 bits per heavy atom. The number of carbonyl (C=O) groups excluding carboxylic acids is 1. The summed E-state index contributed by atoms with van der Waals surface area (Å²) >= 11 is 0. The largest absolute Gasteiger partial charge is 0.469 e. The maximum atomic E-state index is 11.8. The fraction of sp³-hybridized carbons (Fsp3) is 0.353. The molecule has 0 bridgehead atoms. The molecule has 0 unspecified atom stereocenters. The van der Waals surface area contributed by atoms with Crippen LogP contribution in [0.2, 0.25) is 0 Å². The molecule has 20 heavy (non-hydrogen) atoms. The highest BCUT2D eigenvalue weighted by atomic mass is 16.5. The van der Waals surface area contributed by atoms with Crippen LogP contribution >= 0.6 is 0 Å². The monoisotopic (exact) mass is 269 g/mol. The number of benzene rings is 2. The number of hydrogen-bond acceptors (Lipinski definition) is 3. The molecule has 1 fully saturated rings. The Morgan fingerprint density at radius 3 is 2.55 bits per heavy atom. The first kappa shape index (κ1) is 13.0. The molecule has 0 amide bonds. The Labute approximate surface area is 119 Å². The number of fused-ring (bicyclic) bond motifs is 1. The number of esters is 1. The Balaban J connectivity index is 1.82. The van der Waals surface area contributed by atoms with Gasteiger partial charge in [-0.05, 0) is 35.7 Å². The molecule has 0 spiro atoms. The summed E-state index contributed by atoms with van der Waals surface area (Å²) < 4.78 is 4.92. The van der Waals surface area contributed by atoms with Crippen LogP contribution in [0.4, 0.5) is 5.69 Å². The van der Waals surface area contributed by atoms with Gasteiger partial charge in [0.05, 0.1) is 12.5 Å². The summed E-state index contributed by atoms with van der Waals surface area (Å²) in [6.45, 7) is 0.720. The van der Waals surface area contributed by atoms with Gasteiger partial charge in [0.25, 0.3) is 0 Å². The topological polar surface area (TPSA) is 29.5 Å². The Hall–Kier alpha value is -2.03. The molecule has 0 aromatic heterocycles. The second-order valence-electron chi connectivity index (χ2n) is 5.66. The molecule has 0 aliphatic heterocycles. The summed E-state index contributed by atoms with van der Waals surface area (Å²) in [4.78, 5) is 14.0. The molecule has 0 N–H and O–H groups in total. The summed E-state index contributed by atoms with van der Waals surface area (Å²) in [5, 5.41) is 2.46. The van der Waals surface area contributed by atoms with Gasteiger partial charge in [0.15, 0.2) is 0 Å². The van der Waals surface area contributed by atoms with Crippen molar-refractivity contribution in [3.05, 3.63) is 42.5 Å². The third-order valence-electron chi connectivity index (χ3n) is 4.19. The van der Waals surface area contributed by atoms with Crippen molar-refractivity contribution in [3.63, 3.8) is 0 Å².